The monoisotopic (exact) mass is 274 g/mol. The molecule has 0 saturated carbocycles. The summed E-state index contributed by atoms with van der Waals surface area (Å²) in [6.07, 6.45) is 3.92. The van der Waals surface area contributed by atoms with Crippen LogP contribution in [0, 0.1) is 0 Å². The average molecular weight is 275 g/mol. The van der Waals surface area contributed by atoms with Gasteiger partial charge in [0.15, 0.2) is 0 Å². The molecule has 4 nitrogen and oxygen atoms in total. The van der Waals surface area contributed by atoms with Crippen LogP contribution in [0.4, 0.5) is 0 Å². The molecule has 0 N–H and O–H groups in total. The first kappa shape index (κ1) is 14.1. The lowest BCUT2D eigenvalue weighted by Crippen LogP contribution is -2.37. The highest BCUT2D eigenvalue weighted by molar-refractivity contribution is 6.18. The van der Waals surface area contributed by atoms with Crippen LogP contribution in [0.1, 0.15) is 25.7 Å². The molecule has 1 atom stereocenters. The van der Waals surface area contributed by atoms with Gasteiger partial charge in [-0.3, -0.25) is 4.79 Å². The second kappa shape index (κ2) is 7.31. The van der Waals surface area contributed by atoms with Gasteiger partial charge in [-0.15, -0.1) is 11.6 Å². The summed E-state index contributed by atoms with van der Waals surface area (Å²) in [5.74, 6) is 0.929. The lowest BCUT2D eigenvalue weighted by Gasteiger charge is -2.22. The summed E-state index contributed by atoms with van der Waals surface area (Å²) < 4.78 is 5.53. The Bertz CT molecular complexity index is 270. The predicted molar refractivity (Wildman–Crippen MR) is 71.9 cm³/mol. The molecule has 0 spiro atoms. The fourth-order valence-corrected chi connectivity index (χ4v) is 2.93. The van der Waals surface area contributed by atoms with E-state index in [4.69, 9.17) is 16.3 Å². The number of amides is 1. The van der Waals surface area contributed by atoms with Gasteiger partial charge in [0.1, 0.15) is 0 Å². The summed E-state index contributed by atoms with van der Waals surface area (Å²) in [5, 5.41) is 0. The molecule has 2 saturated heterocycles. The van der Waals surface area contributed by atoms with Gasteiger partial charge in [-0.1, -0.05) is 0 Å². The fraction of sp³-hybridized carbons (Fsp3) is 0.923. The molecule has 0 aromatic carbocycles. The zero-order valence-corrected chi connectivity index (χ0v) is 11.7. The molecule has 5 heteroatoms. The molecule has 0 aromatic heterocycles. The molecular formula is C13H23ClN2O2. The van der Waals surface area contributed by atoms with Crippen LogP contribution in [-0.4, -0.2) is 67.0 Å². The van der Waals surface area contributed by atoms with Gasteiger partial charge in [0.2, 0.25) is 5.91 Å². The molecule has 2 fully saturated rings. The second-order valence-electron chi connectivity index (χ2n) is 5.10. The molecule has 0 bridgehead atoms. The van der Waals surface area contributed by atoms with Crippen molar-refractivity contribution < 1.29 is 9.53 Å². The van der Waals surface area contributed by atoms with Gasteiger partial charge in [-0.05, 0) is 25.8 Å². The first-order valence-electron chi connectivity index (χ1n) is 6.97. The lowest BCUT2D eigenvalue weighted by atomic mass is 10.1. The Kier molecular flexibility index (Phi) is 5.73. The van der Waals surface area contributed by atoms with E-state index in [-0.39, 0.29) is 12.0 Å². The quantitative estimate of drug-likeness (QED) is 0.725. The van der Waals surface area contributed by atoms with E-state index < -0.39 is 0 Å². The number of halogens is 1. The van der Waals surface area contributed by atoms with E-state index in [1.54, 1.807) is 0 Å². The molecule has 0 aliphatic carbocycles. The molecule has 104 valence electrons. The Morgan fingerprint density at radius 1 is 1.22 bits per heavy atom. The summed E-state index contributed by atoms with van der Waals surface area (Å²) in [7, 11) is 0. The summed E-state index contributed by atoms with van der Waals surface area (Å²) >= 11 is 5.76. The van der Waals surface area contributed by atoms with E-state index in [0.717, 1.165) is 58.6 Å². The highest BCUT2D eigenvalue weighted by Crippen LogP contribution is 2.17. The largest absolute Gasteiger partial charge is 0.378 e. The van der Waals surface area contributed by atoms with Gasteiger partial charge < -0.3 is 14.5 Å². The minimum Gasteiger partial charge on any atom is -0.378 e. The maximum Gasteiger partial charge on any atom is 0.225 e. The zero-order valence-electron chi connectivity index (χ0n) is 10.9. The van der Waals surface area contributed by atoms with E-state index in [1.165, 1.54) is 0 Å². The van der Waals surface area contributed by atoms with E-state index >= 15 is 0 Å². The van der Waals surface area contributed by atoms with E-state index in [0.29, 0.717) is 12.3 Å². The summed E-state index contributed by atoms with van der Waals surface area (Å²) in [5.41, 5.74) is 0. The summed E-state index contributed by atoms with van der Waals surface area (Å²) in [4.78, 5) is 16.5. The zero-order chi connectivity index (χ0) is 12.8. The predicted octanol–water partition coefficient (Wildman–Crippen LogP) is 1.33. The maximum atomic E-state index is 12.2. The van der Waals surface area contributed by atoms with E-state index in [1.807, 2.05) is 4.90 Å². The van der Waals surface area contributed by atoms with Crippen molar-refractivity contribution in [1.82, 2.24) is 9.80 Å². The Morgan fingerprint density at radius 2 is 2.11 bits per heavy atom. The number of carbonyl (C=O) groups is 1. The minimum absolute atomic E-state index is 0.166. The molecule has 0 aromatic rings. The van der Waals surface area contributed by atoms with Gasteiger partial charge >= 0.3 is 0 Å². The van der Waals surface area contributed by atoms with Gasteiger partial charge in [-0.2, -0.15) is 0 Å². The van der Waals surface area contributed by atoms with Crippen LogP contribution in [0.5, 0.6) is 0 Å². The number of nitrogens with zero attached hydrogens (tertiary/aromatic N) is 2. The van der Waals surface area contributed by atoms with Crippen LogP contribution < -0.4 is 0 Å². The number of rotatable bonds is 4. The number of alkyl halides is 1. The van der Waals surface area contributed by atoms with Crippen molar-refractivity contribution in [3.8, 4) is 0 Å². The number of hydrogen-bond donors (Lipinski definition) is 0. The molecular weight excluding hydrogens is 252 g/mol. The van der Waals surface area contributed by atoms with E-state index in [9.17, 15) is 4.79 Å². The van der Waals surface area contributed by atoms with Crippen LogP contribution in [0.25, 0.3) is 0 Å². The van der Waals surface area contributed by atoms with Gasteiger partial charge in [0.05, 0.1) is 12.5 Å². The first-order valence-corrected chi connectivity index (χ1v) is 7.51. The summed E-state index contributed by atoms with van der Waals surface area (Å²) in [6, 6.07) is 0. The lowest BCUT2D eigenvalue weighted by molar-refractivity contribution is -0.133. The van der Waals surface area contributed by atoms with E-state index in [2.05, 4.69) is 4.90 Å². The Morgan fingerprint density at radius 3 is 2.83 bits per heavy atom. The third-order valence-electron chi connectivity index (χ3n) is 3.77. The van der Waals surface area contributed by atoms with Crippen LogP contribution in [0.3, 0.4) is 0 Å². The number of hydrogen-bond acceptors (Lipinski definition) is 3. The number of carbonyl (C=O) groups excluding carboxylic acids is 1. The third-order valence-corrected chi connectivity index (χ3v) is 3.94. The first-order chi connectivity index (χ1) is 8.79. The smallest absolute Gasteiger partial charge is 0.225 e. The Labute approximate surface area is 114 Å². The van der Waals surface area contributed by atoms with Crippen LogP contribution in [0.15, 0.2) is 0 Å². The van der Waals surface area contributed by atoms with Crippen molar-refractivity contribution in [3.63, 3.8) is 0 Å². The van der Waals surface area contributed by atoms with Crippen LogP contribution >= 0.6 is 11.6 Å². The van der Waals surface area contributed by atoms with Crippen molar-refractivity contribution in [2.24, 2.45) is 0 Å². The molecule has 2 heterocycles. The molecule has 1 unspecified atom stereocenters. The van der Waals surface area contributed by atoms with Gasteiger partial charge in [0.25, 0.3) is 0 Å². The molecule has 1 amide bonds. The number of ether oxygens (including phenoxy) is 1. The van der Waals surface area contributed by atoms with Gasteiger partial charge in [0, 0.05) is 38.7 Å². The van der Waals surface area contributed by atoms with Crippen LogP contribution in [-0.2, 0) is 9.53 Å². The molecule has 2 rings (SSSR count). The Balaban J connectivity index is 1.76. The molecule has 18 heavy (non-hydrogen) atoms. The highest BCUT2D eigenvalue weighted by atomic mass is 35.5. The minimum atomic E-state index is 0.166. The van der Waals surface area contributed by atoms with Crippen molar-refractivity contribution in [2.45, 2.75) is 31.8 Å². The topological polar surface area (TPSA) is 32.8 Å². The normalized spacial score (nSPS) is 26.3. The fourth-order valence-electron chi connectivity index (χ4n) is 2.69. The average Bonchev–Trinajstić information content (AvgIpc) is 2.74. The third kappa shape index (κ3) is 4.11. The standard InChI is InChI=1S/C13H23ClN2O2/c14-4-7-15-5-2-6-16(9-8-15)13(17)11-12-3-1-10-18-12/h12H,1-11H2. The SMILES string of the molecule is O=C(CC1CCCO1)N1CCCN(CCCl)CC1. The van der Waals surface area contributed by atoms with Crippen molar-refractivity contribution in [3.05, 3.63) is 0 Å². The molecule has 0 radical (unpaired) electrons. The summed E-state index contributed by atoms with van der Waals surface area (Å²) in [6.45, 7) is 5.46. The Hall–Kier alpha value is -0.320. The van der Waals surface area contributed by atoms with Crippen LogP contribution in [0.2, 0.25) is 0 Å². The van der Waals surface area contributed by atoms with Crippen molar-refractivity contribution >= 4 is 17.5 Å². The second-order valence-corrected chi connectivity index (χ2v) is 5.48. The van der Waals surface area contributed by atoms with Crippen molar-refractivity contribution in [1.29, 1.82) is 0 Å². The highest BCUT2D eigenvalue weighted by Gasteiger charge is 2.24. The molecule has 2 aliphatic heterocycles. The maximum absolute atomic E-state index is 12.2. The van der Waals surface area contributed by atoms with Gasteiger partial charge in [-0.25, -0.2) is 0 Å². The molecule has 2 aliphatic rings. The van der Waals surface area contributed by atoms with Crippen molar-refractivity contribution in [2.75, 3.05) is 45.2 Å².